The van der Waals surface area contributed by atoms with E-state index in [2.05, 4.69) is 5.32 Å². The van der Waals surface area contributed by atoms with Crippen molar-refractivity contribution >= 4 is 15.7 Å². The van der Waals surface area contributed by atoms with Gasteiger partial charge in [0, 0.05) is 25.1 Å². The van der Waals surface area contributed by atoms with E-state index in [1.165, 1.54) is 18.2 Å². The molecule has 0 spiro atoms. The Morgan fingerprint density at radius 3 is 2.57 bits per heavy atom. The normalized spacial score (nSPS) is 11.6. The van der Waals surface area contributed by atoms with E-state index in [4.69, 9.17) is 0 Å². The van der Waals surface area contributed by atoms with Gasteiger partial charge in [0.2, 0.25) is 5.91 Å². The molecule has 0 unspecified atom stereocenters. The second-order valence-corrected chi connectivity index (χ2v) is 7.27. The number of likely N-dealkylation sites (N-methyl/N-ethyl adjacent to an activating group) is 1. The highest BCUT2D eigenvalue weighted by Gasteiger charge is 2.16. The van der Waals surface area contributed by atoms with Gasteiger partial charge in [0.05, 0.1) is 11.5 Å². The number of amides is 1. The van der Waals surface area contributed by atoms with Crippen LogP contribution in [-0.4, -0.2) is 52.2 Å². The van der Waals surface area contributed by atoms with E-state index in [9.17, 15) is 17.6 Å². The number of sulfone groups is 1. The van der Waals surface area contributed by atoms with Crippen LogP contribution in [-0.2, 0) is 20.4 Å². The minimum atomic E-state index is -3.50. The van der Waals surface area contributed by atoms with E-state index in [1.54, 1.807) is 6.07 Å². The second kappa shape index (κ2) is 8.09. The van der Waals surface area contributed by atoms with E-state index >= 15 is 0 Å². The lowest BCUT2D eigenvalue weighted by molar-refractivity contribution is -0.120. The van der Waals surface area contributed by atoms with Crippen LogP contribution in [0.15, 0.2) is 24.3 Å². The molecule has 0 aliphatic carbocycles. The fraction of sp³-hybridized carbons (Fsp3) is 0.500. The molecule has 1 aromatic carbocycles. The Labute approximate surface area is 125 Å². The first kappa shape index (κ1) is 17.6. The number of nitrogens with one attached hydrogen (secondary N) is 1. The summed E-state index contributed by atoms with van der Waals surface area (Å²) in [5.41, 5.74) is 0.130. The Hall–Kier alpha value is -1.47. The van der Waals surface area contributed by atoms with Crippen molar-refractivity contribution in [3.05, 3.63) is 35.6 Å². The third-order valence-corrected chi connectivity index (χ3v) is 4.43. The van der Waals surface area contributed by atoms with Crippen molar-refractivity contribution in [2.75, 3.05) is 32.9 Å². The van der Waals surface area contributed by atoms with Gasteiger partial charge in [-0.1, -0.05) is 18.2 Å². The summed E-state index contributed by atoms with van der Waals surface area (Å²) in [6.07, 6.45) is -0.107. The highest BCUT2D eigenvalue weighted by atomic mass is 32.2. The molecule has 0 saturated heterocycles. The second-order valence-electron chi connectivity index (χ2n) is 5.09. The predicted octanol–water partition coefficient (Wildman–Crippen LogP) is 0.808. The molecule has 0 bridgehead atoms. The van der Waals surface area contributed by atoms with Crippen LogP contribution < -0.4 is 5.32 Å². The summed E-state index contributed by atoms with van der Waals surface area (Å²) in [4.78, 5) is 13.4. The summed E-state index contributed by atoms with van der Waals surface area (Å²) in [5.74, 6) is -1.52. The zero-order valence-electron chi connectivity index (χ0n) is 12.3. The lowest BCUT2D eigenvalue weighted by atomic mass is 10.2. The fourth-order valence-corrected chi connectivity index (χ4v) is 3.03. The van der Waals surface area contributed by atoms with Gasteiger partial charge < -0.3 is 10.2 Å². The van der Waals surface area contributed by atoms with E-state index in [-0.39, 0.29) is 29.4 Å². The topological polar surface area (TPSA) is 66.5 Å². The van der Waals surface area contributed by atoms with Crippen LogP contribution in [0.25, 0.3) is 0 Å². The third-order valence-electron chi connectivity index (χ3n) is 2.85. The quantitative estimate of drug-likeness (QED) is 0.771. The first-order valence-electron chi connectivity index (χ1n) is 6.65. The van der Waals surface area contributed by atoms with Crippen molar-refractivity contribution in [1.82, 2.24) is 10.2 Å². The summed E-state index contributed by atoms with van der Waals surface area (Å²) < 4.78 is 37.2. The van der Waals surface area contributed by atoms with Crippen molar-refractivity contribution in [1.29, 1.82) is 0 Å². The first-order valence-corrected chi connectivity index (χ1v) is 8.47. The van der Waals surface area contributed by atoms with Gasteiger partial charge in [0.1, 0.15) is 5.82 Å². The molecule has 0 fully saturated rings. The standard InChI is InChI=1S/C14H21FN2O3S/c1-17(2)9-8-16-14(18)7-10-21(19,20)11-12-5-3-4-6-13(12)15/h3-6H,7-11H2,1-2H3,(H,16,18). The molecule has 7 heteroatoms. The first-order chi connectivity index (χ1) is 9.80. The zero-order valence-corrected chi connectivity index (χ0v) is 13.1. The highest BCUT2D eigenvalue weighted by molar-refractivity contribution is 7.90. The van der Waals surface area contributed by atoms with Gasteiger partial charge in [-0.25, -0.2) is 12.8 Å². The average Bonchev–Trinajstić information content (AvgIpc) is 2.39. The van der Waals surface area contributed by atoms with Crippen molar-refractivity contribution in [2.45, 2.75) is 12.2 Å². The predicted molar refractivity (Wildman–Crippen MR) is 80.1 cm³/mol. The largest absolute Gasteiger partial charge is 0.355 e. The Balaban J connectivity index is 2.43. The molecular formula is C14H21FN2O3S. The maximum absolute atomic E-state index is 13.4. The number of carbonyl (C=O) groups is 1. The number of nitrogens with zero attached hydrogens (tertiary/aromatic N) is 1. The van der Waals surface area contributed by atoms with Crippen LogP contribution in [0.2, 0.25) is 0 Å². The van der Waals surface area contributed by atoms with Gasteiger partial charge in [0.25, 0.3) is 0 Å². The number of benzene rings is 1. The Kier molecular flexibility index (Phi) is 6.77. The lowest BCUT2D eigenvalue weighted by Crippen LogP contribution is -2.32. The van der Waals surface area contributed by atoms with Crippen molar-refractivity contribution in [3.63, 3.8) is 0 Å². The van der Waals surface area contributed by atoms with Crippen molar-refractivity contribution < 1.29 is 17.6 Å². The average molecular weight is 316 g/mol. The van der Waals surface area contributed by atoms with Crippen molar-refractivity contribution in [2.24, 2.45) is 0 Å². The molecule has 21 heavy (non-hydrogen) atoms. The van der Waals surface area contributed by atoms with Gasteiger partial charge in [-0.2, -0.15) is 0 Å². The van der Waals surface area contributed by atoms with Gasteiger partial charge in [-0.05, 0) is 20.2 Å². The molecule has 0 atom stereocenters. The summed E-state index contributed by atoms with van der Waals surface area (Å²) in [6, 6.07) is 5.74. The smallest absolute Gasteiger partial charge is 0.221 e. The van der Waals surface area contributed by atoms with E-state index in [0.717, 1.165) is 0 Å². The number of halogens is 1. The molecule has 5 nitrogen and oxygen atoms in total. The van der Waals surface area contributed by atoms with Gasteiger partial charge in [-0.15, -0.1) is 0 Å². The van der Waals surface area contributed by atoms with Gasteiger partial charge >= 0.3 is 0 Å². The summed E-state index contributed by atoms with van der Waals surface area (Å²) in [7, 11) is 0.255. The maximum Gasteiger partial charge on any atom is 0.221 e. The zero-order chi connectivity index (χ0) is 15.9. The minimum absolute atomic E-state index is 0.107. The molecule has 1 aromatic rings. The number of hydrogen-bond acceptors (Lipinski definition) is 4. The molecule has 0 saturated carbocycles. The molecule has 0 heterocycles. The molecule has 0 radical (unpaired) electrons. The van der Waals surface area contributed by atoms with E-state index in [0.29, 0.717) is 13.1 Å². The van der Waals surface area contributed by atoms with Crippen LogP contribution in [0, 0.1) is 5.82 Å². The van der Waals surface area contributed by atoms with Crippen LogP contribution in [0.1, 0.15) is 12.0 Å². The van der Waals surface area contributed by atoms with Gasteiger partial charge in [-0.3, -0.25) is 4.79 Å². The Morgan fingerprint density at radius 2 is 1.95 bits per heavy atom. The Morgan fingerprint density at radius 1 is 1.29 bits per heavy atom. The summed E-state index contributed by atoms with van der Waals surface area (Å²) in [6.45, 7) is 1.16. The van der Waals surface area contributed by atoms with E-state index < -0.39 is 15.7 Å². The molecule has 0 aliphatic rings. The molecule has 1 amide bonds. The molecule has 1 N–H and O–H groups in total. The molecule has 0 aromatic heterocycles. The maximum atomic E-state index is 13.4. The highest BCUT2D eigenvalue weighted by Crippen LogP contribution is 2.11. The molecular weight excluding hydrogens is 295 g/mol. The molecule has 1 rings (SSSR count). The van der Waals surface area contributed by atoms with Crippen LogP contribution in [0.4, 0.5) is 4.39 Å². The molecule has 118 valence electrons. The van der Waals surface area contributed by atoms with Crippen LogP contribution in [0.5, 0.6) is 0 Å². The number of rotatable bonds is 8. The van der Waals surface area contributed by atoms with E-state index in [1.807, 2.05) is 19.0 Å². The van der Waals surface area contributed by atoms with Crippen LogP contribution in [0.3, 0.4) is 0 Å². The SMILES string of the molecule is CN(C)CCNC(=O)CCS(=O)(=O)Cc1ccccc1F. The monoisotopic (exact) mass is 316 g/mol. The lowest BCUT2D eigenvalue weighted by Gasteiger charge is -2.10. The van der Waals surface area contributed by atoms with Gasteiger partial charge in [0.15, 0.2) is 9.84 Å². The summed E-state index contributed by atoms with van der Waals surface area (Å²) in [5, 5.41) is 2.64. The van der Waals surface area contributed by atoms with Crippen molar-refractivity contribution in [3.8, 4) is 0 Å². The third kappa shape index (κ3) is 7.19. The fourth-order valence-electron chi connectivity index (χ4n) is 1.68. The number of carbonyl (C=O) groups excluding carboxylic acids is 1. The van der Waals surface area contributed by atoms with Crippen LogP contribution >= 0.6 is 0 Å². The summed E-state index contributed by atoms with van der Waals surface area (Å²) >= 11 is 0. The number of hydrogen-bond donors (Lipinski definition) is 1. The Bertz CT molecular complexity index is 573. The molecule has 0 aliphatic heterocycles. The minimum Gasteiger partial charge on any atom is -0.355 e.